The van der Waals surface area contributed by atoms with Gasteiger partial charge in [0, 0.05) is 23.1 Å². The maximum absolute atomic E-state index is 12.2. The maximum atomic E-state index is 12.2. The summed E-state index contributed by atoms with van der Waals surface area (Å²) in [4.78, 5) is 14.2. The van der Waals surface area contributed by atoms with Crippen molar-refractivity contribution in [1.29, 1.82) is 0 Å². The molecule has 16 heavy (non-hydrogen) atoms. The van der Waals surface area contributed by atoms with Crippen molar-refractivity contribution < 1.29 is 4.79 Å². The molecule has 0 unspecified atom stereocenters. The van der Waals surface area contributed by atoms with Crippen LogP contribution in [0.15, 0.2) is 28.7 Å². The summed E-state index contributed by atoms with van der Waals surface area (Å²) < 4.78 is 0.966. The zero-order chi connectivity index (χ0) is 11.4. The molecule has 3 heteroatoms. The molecule has 0 spiro atoms. The molecule has 2 nitrogen and oxygen atoms in total. The van der Waals surface area contributed by atoms with Crippen LogP contribution in [0.5, 0.6) is 0 Å². The highest BCUT2D eigenvalue weighted by Gasteiger charge is 2.16. The monoisotopic (exact) mass is 281 g/mol. The van der Waals surface area contributed by atoms with Gasteiger partial charge in [0.15, 0.2) is 0 Å². The lowest BCUT2D eigenvalue weighted by molar-refractivity contribution is 0.0761. The number of nitrogens with zero attached hydrogens (tertiary/aromatic N) is 1. The lowest BCUT2D eigenvalue weighted by Gasteiger charge is -2.20. The number of benzene rings is 1. The van der Waals surface area contributed by atoms with E-state index in [2.05, 4.69) is 15.9 Å². The Morgan fingerprint density at radius 2 is 1.81 bits per heavy atom. The van der Waals surface area contributed by atoms with Crippen molar-refractivity contribution >= 4 is 21.8 Å². The Morgan fingerprint density at radius 3 is 2.44 bits per heavy atom. The summed E-state index contributed by atoms with van der Waals surface area (Å²) in [7, 11) is 0. The first-order chi connectivity index (χ1) is 7.77. The van der Waals surface area contributed by atoms with E-state index in [1.165, 1.54) is 12.8 Å². The Balaban J connectivity index is 2.11. The van der Waals surface area contributed by atoms with Crippen LogP contribution in [0.3, 0.4) is 0 Å². The molecule has 1 heterocycles. The van der Waals surface area contributed by atoms with Crippen LogP contribution < -0.4 is 0 Å². The van der Waals surface area contributed by atoms with Gasteiger partial charge in [0.2, 0.25) is 0 Å². The van der Waals surface area contributed by atoms with Crippen LogP contribution in [0.1, 0.15) is 36.0 Å². The van der Waals surface area contributed by atoms with Gasteiger partial charge in [-0.15, -0.1) is 0 Å². The van der Waals surface area contributed by atoms with Gasteiger partial charge in [-0.25, -0.2) is 0 Å². The topological polar surface area (TPSA) is 20.3 Å². The number of carbonyl (C=O) groups excluding carboxylic acids is 1. The highest BCUT2D eigenvalue weighted by molar-refractivity contribution is 9.10. The van der Waals surface area contributed by atoms with Crippen LogP contribution in [0.25, 0.3) is 0 Å². The molecular weight excluding hydrogens is 266 g/mol. The Bertz CT molecular complexity index is 370. The molecule has 1 aromatic rings. The highest BCUT2D eigenvalue weighted by Crippen LogP contribution is 2.16. The van der Waals surface area contributed by atoms with Crippen LogP contribution in [0, 0.1) is 0 Å². The van der Waals surface area contributed by atoms with Crippen molar-refractivity contribution in [2.45, 2.75) is 25.7 Å². The van der Waals surface area contributed by atoms with Crippen LogP contribution in [-0.4, -0.2) is 23.9 Å². The fraction of sp³-hybridized carbons (Fsp3) is 0.462. The molecule has 1 amide bonds. The predicted octanol–water partition coefficient (Wildman–Crippen LogP) is 3.47. The SMILES string of the molecule is O=C(c1cccc(Br)c1)N1CCCCCC1. The van der Waals surface area contributed by atoms with Gasteiger partial charge in [-0.3, -0.25) is 4.79 Å². The molecule has 0 saturated carbocycles. The standard InChI is InChI=1S/C13H16BrNO/c14-12-7-5-6-11(10-12)13(16)15-8-3-1-2-4-9-15/h5-7,10H,1-4,8-9H2. The highest BCUT2D eigenvalue weighted by atomic mass is 79.9. The molecule has 1 aliphatic heterocycles. The Kier molecular flexibility index (Phi) is 3.99. The van der Waals surface area contributed by atoms with Gasteiger partial charge in [0.1, 0.15) is 0 Å². The fourth-order valence-corrected chi connectivity index (χ4v) is 2.48. The minimum Gasteiger partial charge on any atom is -0.339 e. The van der Waals surface area contributed by atoms with E-state index in [9.17, 15) is 4.79 Å². The van der Waals surface area contributed by atoms with E-state index in [0.717, 1.165) is 36.0 Å². The van der Waals surface area contributed by atoms with Gasteiger partial charge >= 0.3 is 0 Å². The molecule has 0 aromatic heterocycles. The number of hydrogen-bond acceptors (Lipinski definition) is 1. The van der Waals surface area contributed by atoms with E-state index >= 15 is 0 Å². The van der Waals surface area contributed by atoms with Crippen molar-refractivity contribution in [3.05, 3.63) is 34.3 Å². The first-order valence-corrected chi connectivity index (χ1v) is 6.61. The third-order valence-electron chi connectivity index (χ3n) is 2.96. The summed E-state index contributed by atoms with van der Waals surface area (Å²) in [5.74, 6) is 0.170. The minimum absolute atomic E-state index is 0.170. The largest absolute Gasteiger partial charge is 0.339 e. The van der Waals surface area contributed by atoms with Crippen molar-refractivity contribution in [3.8, 4) is 0 Å². The Morgan fingerprint density at radius 1 is 1.12 bits per heavy atom. The molecule has 1 saturated heterocycles. The Labute approximate surface area is 105 Å². The van der Waals surface area contributed by atoms with E-state index in [1.54, 1.807) is 0 Å². The second-order valence-electron chi connectivity index (χ2n) is 4.22. The zero-order valence-electron chi connectivity index (χ0n) is 9.29. The molecule has 1 fully saturated rings. The first-order valence-electron chi connectivity index (χ1n) is 5.82. The van der Waals surface area contributed by atoms with E-state index in [4.69, 9.17) is 0 Å². The zero-order valence-corrected chi connectivity index (χ0v) is 10.9. The molecule has 0 radical (unpaired) electrons. The number of hydrogen-bond donors (Lipinski definition) is 0. The molecule has 1 aliphatic rings. The van der Waals surface area contributed by atoms with Crippen LogP contribution in [0.4, 0.5) is 0 Å². The summed E-state index contributed by atoms with van der Waals surface area (Å²) in [6, 6.07) is 7.64. The number of likely N-dealkylation sites (tertiary alicyclic amines) is 1. The third kappa shape index (κ3) is 2.85. The lowest BCUT2D eigenvalue weighted by atomic mass is 10.2. The van der Waals surface area contributed by atoms with Gasteiger partial charge < -0.3 is 4.90 Å². The summed E-state index contributed by atoms with van der Waals surface area (Å²) in [5, 5.41) is 0. The van der Waals surface area contributed by atoms with Crippen molar-refractivity contribution in [2.24, 2.45) is 0 Å². The second kappa shape index (κ2) is 5.48. The summed E-state index contributed by atoms with van der Waals surface area (Å²) in [6.07, 6.45) is 4.78. The van der Waals surface area contributed by atoms with Gasteiger partial charge in [-0.2, -0.15) is 0 Å². The number of halogens is 1. The first kappa shape index (κ1) is 11.6. The number of amides is 1. The lowest BCUT2D eigenvalue weighted by Crippen LogP contribution is -2.31. The summed E-state index contributed by atoms with van der Waals surface area (Å²) in [6.45, 7) is 1.82. The van der Waals surface area contributed by atoms with Gasteiger partial charge in [0.05, 0.1) is 0 Å². The molecule has 0 N–H and O–H groups in total. The van der Waals surface area contributed by atoms with E-state index in [1.807, 2.05) is 29.2 Å². The molecule has 0 atom stereocenters. The smallest absolute Gasteiger partial charge is 0.253 e. The molecule has 0 aliphatic carbocycles. The van der Waals surface area contributed by atoms with Gasteiger partial charge in [-0.1, -0.05) is 34.8 Å². The van der Waals surface area contributed by atoms with E-state index < -0.39 is 0 Å². The van der Waals surface area contributed by atoms with Gasteiger partial charge in [0.25, 0.3) is 5.91 Å². The summed E-state index contributed by atoms with van der Waals surface area (Å²) in [5.41, 5.74) is 0.788. The average molecular weight is 282 g/mol. The van der Waals surface area contributed by atoms with Crippen LogP contribution >= 0.6 is 15.9 Å². The molecule has 86 valence electrons. The summed E-state index contributed by atoms with van der Waals surface area (Å²) >= 11 is 3.40. The average Bonchev–Trinajstić information content (AvgIpc) is 2.56. The molecule has 1 aromatic carbocycles. The fourth-order valence-electron chi connectivity index (χ4n) is 2.08. The van der Waals surface area contributed by atoms with E-state index in [-0.39, 0.29) is 5.91 Å². The van der Waals surface area contributed by atoms with Crippen molar-refractivity contribution in [3.63, 3.8) is 0 Å². The van der Waals surface area contributed by atoms with Crippen LogP contribution in [0.2, 0.25) is 0 Å². The van der Waals surface area contributed by atoms with E-state index in [0.29, 0.717) is 0 Å². The second-order valence-corrected chi connectivity index (χ2v) is 5.13. The minimum atomic E-state index is 0.170. The third-order valence-corrected chi connectivity index (χ3v) is 3.46. The molecule has 2 rings (SSSR count). The molecule has 0 bridgehead atoms. The molecular formula is C13H16BrNO. The normalized spacial score (nSPS) is 16.9. The van der Waals surface area contributed by atoms with Crippen molar-refractivity contribution in [2.75, 3.05) is 13.1 Å². The quantitative estimate of drug-likeness (QED) is 0.772. The van der Waals surface area contributed by atoms with Crippen LogP contribution in [-0.2, 0) is 0 Å². The van der Waals surface area contributed by atoms with Crippen molar-refractivity contribution in [1.82, 2.24) is 4.90 Å². The number of rotatable bonds is 1. The van der Waals surface area contributed by atoms with Gasteiger partial charge in [-0.05, 0) is 31.0 Å². The predicted molar refractivity (Wildman–Crippen MR) is 68.5 cm³/mol. The Hall–Kier alpha value is -0.830. The number of carbonyl (C=O) groups is 1. The maximum Gasteiger partial charge on any atom is 0.253 e.